The third-order valence-corrected chi connectivity index (χ3v) is 5.53. The molecule has 0 aromatic heterocycles. The van der Waals surface area contributed by atoms with Crippen molar-refractivity contribution in [3.8, 4) is 0 Å². The molecule has 1 atom stereocenters. The summed E-state index contributed by atoms with van der Waals surface area (Å²) < 4.78 is 0. The molecule has 1 fully saturated rings. The van der Waals surface area contributed by atoms with Crippen molar-refractivity contribution in [1.29, 1.82) is 0 Å². The number of hydrogen-bond acceptors (Lipinski definition) is 4. The van der Waals surface area contributed by atoms with Gasteiger partial charge in [0.1, 0.15) is 12.4 Å². The highest BCUT2D eigenvalue weighted by molar-refractivity contribution is 5.86. The summed E-state index contributed by atoms with van der Waals surface area (Å²) >= 11 is 0. The lowest BCUT2D eigenvalue weighted by Gasteiger charge is -2.34. The van der Waals surface area contributed by atoms with Crippen LogP contribution in [-0.4, -0.2) is 52.7 Å². The second kappa shape index (κ2) is 7.60. The molecule has 1 aromatic carbocycles. The maximum Gasteiger partial charge on any atom is 0.325 e. The molecule has 2 aliphatic heterocycles. The number of aliphatic hydroxyl groups excluding tert-OH is 1. The standard InChI is InChI=1S/C20H26N4O3/c25-18-12-17(21-16-8-7-14-5-4-6-15(14)11-16)22-20(27)24(18)13-19(26)23-9-2-1-3-10-23/h7-8,11-12,18,21,25H,1-6,9-10,13H2,(H,22,27). The first-order valence-electron chi connectivity index (χ1n) is 9.74. The zero-order chi connectivity index (χ0) is 18.8. The van der Waals surface area contributed by atoms with Crippen LogP contribution in [0.4, 0.5) is 10.5 Å². The highest BCUT2D eigenvalue weighted by atomic mass is 16.3. The Hall–Kier alpha value is -2.54. The van der Waals surface area contributed by atoms with Crippen LogP contribution >= 0.6 is 0 Å². The first-order chi connectivity index (χ1) is 13.1. The van der Waals surface area contributed by atoms with Crippen molar-refractivity contribution < 1.29 is 14.7 Å². The van der Waals surface area contributed by atoms with E-state index in [2.05, 4.69) is 22.8 Å². The van der Waals surface area contributed by atoms with Crippen molar-refractivity contribution in [2.24, 2.45) is 0 Å². The number of amides is 3. The highest BCUT2D eigenvalue weighted by Gasteiger charge is 2.30. The molecule has 1 aliphatic carbocycles. The van der Waals surface area contributed by atoms with Crippen molar-refractivity contribution in [2.75, 3.05) is 25.0 Å². The number of carbonyl (C=O) groups is 2. The fourth-order valence-corrected chi connectivity index (χ4v) is 4.02. The van der Waals surface area contributed by atoms with Gasteiger partial charge in [-0.3, -0.25) is 15.0 Å². The number of aliphatic hydroxyl groups is 1. The van der Waals surface area contributed by atoms with E-state index in [0.29, 0.717) is 5.82 Å². The van der Waals surface area contributed by atoms with Crippen LogP contribution in [0.5, 0.6) is 0 Å². The molecule has 7 heteroatoms. The summed E-state index contributed by atoms with van der Waals surface area (Å²) in [5.74, 6) is 0.319. The molecule has 0 saturated carbocycles. The number of hydrogen-bond donors (Lipinski definition) is 3. The SMILES string of the molecule is O=C(CN1C(=O)NC(Nc2ccc3c(c2)CCC3)=CC1O)N1CCCCC1. The van der Waals surface area contributed by atoms with Gasteiger partial charge in [0, 0.05) is 24.9 Å². The second-order valence-electron chi connectivity index (χ2n) is 7.46. The van der Waals surface area contributed by atoms with Gasteiger partial charge in [0.15, 0.2) is 6.23 Å². The number of fused-ring (bicyclic) bond motifs is 1. The van der Waals surface area contributed by atoms with Crippen molar-refractivity contribution in [3.63, 3.8) is 0 Å². The number of nitrogens with one attached hydrogen (secondary N) is 2. The summed E-state index contributed by atoms with van der Waals surface area (Å²) in [4.78, 5) is 27.7. The van der Waals surface area contributed by atoms with Crippen LogP contribution < -0.4 is 10.6 Å². The lowest BCUT2D eigenvalue weighted by Crippen LogP contribution is -2.54. The molecule has 27 heavy (non-hydrogen) atoms. The Morgan fingerprint density at radius 2 is 1.93 bits per heavy atom. The zero-order valence-electron chi connectivity index (χ0n) is 15.4. The number of benzene rings is 1. The average molecular weight is 370 g/mol. The molecule has 3 N–H and O–H groups in total. The molecule has 1 unspecified atom stereocenters. The number of carbonyl (C=O) groups excluding carboxylic acids is 2. The predicted molar refractivity (Wildman–Crippen MR) is 102 cm³/mol. The number of aryl methyl sites for hydroxylation is 2. The number of anilines is 1. The molecule has 0 radical (unpaired) electrons. The molecular weight excluding hydrogens is 344 g/mol. The van der Waals surface area contributed by atoms with Gasteiger partial charge in [-0.1, -0.05) is 6.07 Å². The van der Waals surface area contributed by atoms with E-state index in [1.165, 1.54) is 23.6 Å². The Morgan fingerprint density at radius 1 is 1.15 bits per heavy atom. The minimum Gasteiger partial charge on any atom is -0.370 e. The van der Waals surface area contributed by atoms with Crippen LogP contribution in [0.25, 0.3) is 0 Å². The first kappa shape index (κ1) is 17.9. The second-order valence-corrected chi connectivity index (χ2v) is 7.46. The van der Waals surface area contributed by atoms with Gasteiger partial charge in [0.25, 0.3) is 0 Å². The molecule has 144 valence electrons. The van der Waals surface area contributed by atoms with Crippen LogP contribution in [0.2, 0.25) is 0 Å². The largest absolute Gasteiger partial charge is 0.370 e. The maximum absolute atomic E-state index is 12.4. The Morgan fingerprint density at radius 3 is 2.70 bits per heavy atom. The van der Waals surface area contributed by atoms with Crippen LogP contribution in [0.15, 0.2) is 30.1 Å². The number of urea groups is 1. The number of piperidine rings is 1. The van der Waals surface area contributed by atoms with Crippen molar-refractivity contribution in [2.45, 2.75) is 44.8 Å². The number of likely N-dealkylation sites (tertiary alicyclic amines) is 1. The predicted octanol–water partition coefficient (Wildman–Crippen LogP) is 1.78. The van der Waals surface area contributed by atoms with E-state index in [9.17, 15) is 14.7 Å². The number of nitrogens with zero attached hydrogens (tertiary/aromatic N) is 2. The minimum absolute atomic E-state index is 0.115. The Bertz CT molecular complexity index is 770. The fourth-order valence-electron chi connectivity index (χ4n) is 4.02. The Balaban J connectivity index is 1.40. The van der Waals surface area contributed by atoms with Crippen LogP contribution in [-0.2, 0) is 17.6 Å². The molecule has 1 saturated heterocycles. The lowest BCUT2D eigenvalue weighted by atomic mass is 10.1. The fraction of sp³-hybridized carbons (Fsp3) is 0.500. The summed E-state index contributed by atoms with van der Waals surface area (Å²) in [6.45, 7) is 1.34. The van der Waals surface area contributed by atoms with Crippen LogP contribution in [0, 0.1) is 0 Å². The van der Waals surface area contributed by atoms with E-state index in [4.69, 9.17) is 0 Å². The monoisotopic (exact) mass is 370 g/mol. The van der Waals surface area contributed by atoms with E-state index < -0.39 is 12.3 Å². The molecule has 1 aromatic rings. The summed E-state index contributed by atoms with van der Waals surface area (Å²) in [6, 6.07) is 5.71. The van der Waals surface area contributed by atoms with Crippen LogP contribution in [0.3, 0.4) is 0 Å². The van der Waals surface area contributed by atoms with E-state index in [-0.39, 0.29) is 12.5 Å². The van der Waals surface area contributed by atoms with Gasteiger partial charge in [0.2, 0.25) is 5.91 Å². The van der Waals surface area contributed by atoms with Gasteiger partial charge in [-0.05, 0) is 61.8 Å². The normalized spacial score (nSPS) is 22.2. The smallest absolute Gasteiger partial charge is 0.325 e. The van der Waals surface area contributed by atoms with Crippen molar-refractivity contribution in [3.05, 3.63) is 41.2 Å². The summed E-state index contributed by atoms with van der Waals surface area (Å²) in [6.07, 6.45) is 6.89. The molecule has 2 heterocycles. The van der Waals surface area contributed by atoms with E-state index in [0.717, 1.165) is 55.8 Å². The molecule has 4 rings (SSSR count). The molecular formula is C20H26N4O3. The molecule has 3 aliphatic rings. The van der Waals surface area contributed by atoms with E-state index >= 15 is 0 Å². The number of rotatable bonds is 4. The van der Waals surface area contributed by atoms with E-state index in [1.54, 1.807) is 4.90 Å². The summed E-state index contributed by atoms with van der Waals surface area (Å²) in [5, 5.41) is 16.3. The van der Waals surface area contributed by atoms with Gasteiger partial charge < -0.3 is 15.3 Å². The minimum atomic E-state index is -1.13. The van der Waals surface area contributed by atoms with Gasteiger partial charge in [-0.25, -0.2) is 4.79 Å². The third kappa shape index (κ3) is 3.93. The van der Waals surface area contributed by atoms with Gasteiger partial charge in [-0.15, -0.1) is 0 Å². The van der Waals surface area contributed by atoms with Crippen LogP contribution in [0.1, 0.15) is 36.8 Å². The Kier molecular flexibility index (Phi) is 5.03. The quantitative estimate of drug-likeness (QED) is 0.754. The average Bonchev–Trinajstić information content (AvgIpc) is 3.13. The van der Waals surface area contributed by atoms with Crippen molar-refractivity contribution >= 4 is 17.6 Å². The third-order valence-electron chi connectivity index (χ3n) is 5.53. The molecule has 7 nitrogen and oxygen atoms in total. The zero-order valence-corrected chi connectivity index (χ0v) is 15.4. The first-order valence-corrected chi connectivity index (χ1v) is 9.74. The molecule has 3 amide bonds. The maximum atomic E-state index is 12.4. The lowest BCUT2D eigenvalue weighted by molar-refractivity contribution is -0.134. The van der Waals surface area contributed by atoms with Crippen molar-refractivity contribution in [1.82, 2.24) is 15.1 Å². The Labute approximate surface area is 159 Å². The summed E-state index contributed by atoms with van der Waals surface area (Å²) in [7, 11) is 0. The topological polar surface area (TPSA) is 84.9 Å². The van der Waals surface area contributed by atoms with Gasteiger partial charge in [0.05, 0.1) is 0 Å². The molecule has 0 bridgehead atoms. The summed E-state index contributed by atoms with van der Waals surface area (Å²) in [5.41, 5.74) is 3.59. The highest BCUT2D eigenvalue weighted by Crippen LogP contribution is 2.25. The van der Waals surface area contributed by atoms with E-state index in [1.807, 2.05) is 6.07 Å². The van der Waals surface area contributed by atoms with Gasteiger partial charge >= 0.3 is 6.03 Å². The van der Waals surface area contributed by atoms with Gasteiger partial charge in [-0.2, -0.15) is 0 Å². The molecule has 0 spiro atoms.